The zero-order valence-electron chi connectivity index (χ0n) is 9.55. The molecule has 90 valence electrons. The van der Waals surface area contributed by atoms with Crippen molar-refractivity contribution in [3.63, 3.8) is 0 Å². The van der Waals surface area contributed by atoms with E-state index in [-0.39, 0.29) is 6.42 Å². The molecule has 0 radical (unpaired) electrons. The molecule has 0 aliphatic rings. The Bertz CT molecular complexity index is 535. The first-order valence-corrected chi connectivity index (χ1v) is 5.41. The number of fused-ring (bicyclic) bond motifs is 1. The van der Waals surface area contributed by atoms with E-state index in [1.807, 2.05) is 13.1 Å². The lowest BCUT2D eigenvalue weighted by atomic mass is 10.2. The Morgan fingerprint density at radius 2 is 2.41 bits per heavy atom. The van der Waals surface area contributed by atoms with Crippen LogP contribution in [0, 0.1) is 0 Å². The molecule has 0 spiro atoms. The van der Waals surface area contributed by atoms with Gasteiger partial charge < -0.3 is 10.4 Å². The molecule has 2 aromatic rings. The Hall–Kier alpha value is -2.11. The molecule has 17 heavy (non-hydrogen) atoms. The van der Waals surface area contributed by atoms with Crippen molar-refractivity contribution >= 4 is 22.7 Å². The van der Waals surface area contributed by atoms with Crippen molar-refractivity contribution < 1.29 is 9.90 Å². The monoisotopic (exact) mass is 234 g/mol. The molecule has 0 aliphatic heterocycles. The fraction of sp³-hybridized carbons (Fsp3) is 0.364. The third kappa shape index (κ3) is 2.52. The average molecular weight is 234 g/mol. The molecular formula is C11H14N4O2. The normalized spacial score (nSPS) is 10.6. The van der Waals surface area contributed by atoms with Crippen LogP contribution in [0.4, 0.5) is 5.69 Å². The van der Waals surface area contributed by atoms with Gasteiger partial charge in [0.1, 0.15) is 0 Å². The number of hydrogen-bond donors (Lipinski definition) is 2. The summed E-state index contributed by atoms with van der Waals surface area (Å²) < 4.78 is 1.71. The van der Waals surface area contributed by atoms with E-state index in [9.17, 15) is 4.79 Å². The predicted octanol–water partition coefficient (Wildman–Crippen LogP) is 1.24. The van der Waals surface area contributed by atoms with Crippen molar-refractivity contribution in [3.8, 4) is 0 Å². The fourth-order valence-corrected chi connectivity index (χ4v) is 1.66. The molecule has 2 heterocycles. The highest BCUT2D eigenvalue weighted by molar-refractivity contribution is 5.88. The summed E-state index contributed by atoms with van der Waals surface area (Å²) in [4.78, 5) is 14.6. The summed E-state index contributed by atoms with van der Waals surface area (Å²) in [6.45, 7) is 0.625. The largest absolute Gasteiger partial charge is 0.481 e. The average Bonchev–Trinajstić information content (AvgIpc) is 2.67. The molecule has 2 N–H and O–H groups in total. The van der Waals surface area contributed by atoms with Gasteiger partial charge in [0, 0.05) is 31.9 Å². The molecule has 0 unspecified atom stereocenters. The Labute approximate surface area is 98.3 Å². The predicted molar refractivity (Wildman–Crippen MR) is 63.9 cm³/mol. The van der Waals surface area contributed by atoms with E-state index in [1.54, 1.807) is 17.1 Å². The first kappa shape index (κ1) is 11.4. The third-order valence-corrected chi connectivity index (χ3v) is 2.52. The van der Waals surface area contributed by atoms with Crippen molar-refractivity contribution in [2.24, 2.45) is 7.05 Å². The molecule has 2 rings (SSSR count). The number of nitrogens with one attached hydrogen (secondary N) is 1. The van der Waals surface area contributed by atoms with Gasteiger partial charge in [0.05, 0.1) is 11.6 Å². The highest BCUT2D eigenvalue weighted by atomic mass is 16.4. The Morgan fingerprint density at radius 1 is 1.59 bits per heavy atom. The molecule has 0 bridgehead atoms. The van der Waals surface area contributed by atoms with E-state index in [2.05, 4.69) is 15.4 Å². The molecule has 0 aromatic carbocycles. The second-order valence-corrected chi connectivity index (χ2v) is 3.79. The van der Waals surface area contributed by atoms with Gasteiger partial charge in [-0.1, -0.05) is 0 Å². The molecular weight excluding hydrogens is 220 g/mol. The zero-order chi connectivity index (χ0) is 12.3. The second kappa shape index (κ2) is 4.82. The molecule has 0 aliphatic carbocycles. The summed E-state index contributed by atoms with van der Waals surface area (Å²) in [5, 5.41) is 16.8. The van der Waals surface area contributed by atoms with Crippen LogP contribution in [0.3, 0.4) is 0 Å². The Morgan fingerprint density at radius 3 is 3.18 bits per heavy atom. The van der Waals surface area contributed by atoms with Gasteiger partial charge in [-0.05, 0) is 12.5 Å². The third-order valence-electron chi connectivity index (χ3n) is 2.52. The van der Waals surface area contributed by atoms with Crippen molar-refractivity contribution in [2.45, 2.75) is 12.8 Å². The van der Waals surface area contributed by atoms with Gasteiger partial charge in [-0.3, -0.25) is 9.48 Å². The molecule has 0 atom stereocenters. The van der Waals surface area contributed by atoms with E-state index >= 15 is 0 Å². The minimum atomic E-state index is -0.770. The highest BCUT2D eigenvalue weighted by Crippen LogP contribution is 2.20. The number of nitrogens with zero attached hydrogens (tertiary/aromatic N) is 3. The van der Waals surface area contributed by atoms with Crippen LogP contribution in [-0.4, -0.2) is 32.4 Å². The number of aliphatic carboxylic acids is 1. The van der Waals surface area contributed by atoms with E-state index in [1.165, 1.54) is 0 Å². The molecule has 0 amide bonds. The molecule has 2 aromatic heterocycles. The number of carbonyl (C=O) groups is 1. The van der Waals surface area contributed by atoms with Gasteiger partial charge in [-0.15, -0.1) is 0 Å². The lowest BCUT2D eigenvalue weighted by Crippen LogP contribution is -2.05. The van der Waals surface area contributed by atoms with Crippen LogP contribution in [0.1, 0.15) is 12.8 Å². The van der Waals surface area contributed by atoms with E-state index in [0.29, 0.717) is 13.0 Å². The van der Waals surface area contributed by atoms with Crippen molar-refractivity contribution in [2.75, 3.05) is 11.9 Å². The molecule has 0 saturated carbocycles. The number of carboxylic acids is 1. The summed E-state index contributed by atoms with van der Waals surface area (Å²) in [5.41, 5.74) is 1.75. The summed E-state index contributed by atoms with van der Waals surface area (Å²) in [6.07, 6.45) is 4.24. The number of hydrogen-bond acceptors (Lipinski definition) is 4. The van der Waals surface area contributed by atoms with Crippen LogP contribution >= 0.6 is 0 Å². The Kier molecular flexibility index (Phi) is 3.22. The number of anilines is 1. The lowest BCUT2D eigenvalue weighted by Gasteiger charge is -2.06. The van der Waals surface area contributed by atoms with Gasteiger partial charge in [0.15, 0.2) is 5.65 Å². The van der Waals surface area contributed by atoms with Crippen LogP contribution in [0.5, 0.6) is 0 Å². The van der Waals surface area contributed by atoms with Crippen molar-refractivity contribution in [3.05, 3.63) is 18.5 Å². The molecule has 0 saturated heterocycles. The van der Waals surface area contributed by atoms with E-state index < -0.39 is 5.97 Å². The van der Waals surface area contributed by atoms with Crippen LogP contribution in [0.2, 0.25) is 0 Å². The van der Waals surface area contributed by atoms with Gasteiger partial charge in [0.25, 0.3) is 0 Å². The van der Waals surface area contributed by atoms with E-state index in [0.717, 1.165) is 16.7 Å². The fourth-order valence-electron chi connectivity index (χ4n) is 1.66. The van der Waals surface area contributed by atoms with Crippen LogP contribution < -0.4 is 5.32 Å². The van der Waals surface area contributed by atoms with Crippen molar-refractivity contribution in [1.29, 1.82) is 0 Å². The lowest BCUT2D eigenvalue weighted by molar-refractivity contribution is -0.137. The number of aromatic nitrogens is 3. The zero-order valence-corrected chi connectivity index (χ0v) is 9.55. The minimum Gasteiger partial charge on any atom is -0.481 e. The molecule has 0 fully saturated rings. The van der Waals surface area contributed by atoms with Crippen molar-refractivity contribution in [1.82, 2.24) is 14.8 Å². The quantitative estimate of drug-likeness (QED) is 0.761. The summed E-state index contributed by atoms with van der Waals surface area (Å²) in [5.74, 6) is -0.770. The van der Waals surface area contributed by atoms with Gasteiger partial charge >= 0.3 is 5.97 Å². The number of rotatable bonds is 5. The molecule has 6 heteroatoms. The maximum absolute atomic E-state index is 10.4. The topological polar surface area (TPSA) is 80.0 Å². The first-order valence-electron chi connectivity index (χ1n) is 5.41. The second-order valence-electron chi connectivity index (χ2n) is 3.79. The summed E-state index contributed by atoms with van der Waals surface area (Å²) in [7, 11) is 1.84. The highest BCUT2D eigenvalue weighted by Gasteiger charge is 2.05. The van der Waals surface area contributed by atoms with Crippen LogP contribution in [-0.2, 0) is 11.8 Å². The smallest absolute Gasteiger partial charge is 0.303 e. The summed E-state index contributed by atoms with van der Waals surface area (Å²) in [6, 6.07) is 1.87. The molecule has 6 nitrogen and oxygen atoms in total. The minimum absolute atomic E-state index is 0.175. The SMILES string of the molecule is Cn1ncc2c(NCCCC(=O)O)ccnc21. The van der Waals surface area contributed by atoms with Gasteiger partial charge in [-0.2, -0.15) is 5.10 Å². The number of pyridine rings is 1. The van der Waals surface area contributed by atoms with Crippen LogP contribution in [0.25, 0.3) is 11.0 Å². The van der Waals surface area contributed by atoms with Crippen LogP contribution in [0.15, 0.2) is 18.5 Å². The maximum Gasteiger partial charge on any atom is 0.303 e. The standard InChI is InChI=1S/C11H14N4O2/c1-15-11-8(7-14-15)9(4-6-13-11)12-5-2-3-10(16)17/h4,6-7H,2-3,5H2,1H3,(H,12,13)(H,16,17). The van der Waals surface area contributed by atoms with Gasteiger partial charge in [-0.25, -0.2) is 4.98 Å². The van der Waals surface area contributed by atoms with E-state index in [4.69, 9.17) is 5.11 Å². The Balaban J connectivity index is 2.06. The first-order chi connectivity index (χ1) is 8.18. The summed E-state index contributed by atoms with van der Waals surface area (Å²) >= 11 is 0. The number of aryl methyl sites for hydroxylation is 1. The van der Waals surface area contributed by atoms with Gasteiger partial charge in [0.2, 0.25) is 0 Å². The number of carboxylic acid groups (broad SMARTS) is 1. The maximum atomic E-state index is 10.4.